The summed E-state index contributed by atoms with van der Waals surface area (Å²) in [6, 6.07) is 0. The van der Waals surface area contributed by atoms with Crippen LogP contribution in [0.15, 0.2) is 12.7 Å². The average Bonchev–Trinajstić information content (AvgIpc) is 3.39. The predicted molar refractivity (Wildman–Crippen MR) is 113 cm³/mol. The van der Waals surface area contributed by atoms with Crippen molar-refractivity contribution in [3.8, 4) is 0 Å². The quantitative estimate of drug-likeness (QED) is 0.135. The van der Waals surface area contributed by atoms with Crippen LogP contribution in [0, 0.1) is 0 Å². The standard InChI is InChI=1S/C16H25N5O15P2/c17-13-7-14(19-3-18-13)21(4-20-7)15-11(25)9(23)5(34-15)1-32-37(28,29)36-38(30,31)33-2-6-8(22)10(24)12(26)16(27)35-6/h3-6,8-12,15-16,22-27H,1-2H2,(H,28,29)(H,30,31)(H2,17,18,19)/p-2/t5-,6+,8+,9-,10-,11-,12-,15-,16?/m1/s1. The van der Waals surface area contributed by atoms with E-state index in [0.29, 0.717) is 0 Å². The van der Waals surface area contributed by atoms with E-state index in [1.165, 1.54) is 10.9 Å². The Hall–Kier alpha value is -1.71. The van der Waals surface area contributed by atoms with E-state index in [1.807, 2.05) is 0 Å². The normalized spacial score (nSPS) is 37.2. The van der Waals surface area contributed by atoms with Gasteiger partial charge in [0.1, 0.15) is 54.6 Å². The number of phosphoric ester groups is 2. The average molecular weight is 587 g/mol. The van der Waals surface area contributed by atoms with Gasteiger partial charge in [-0.05, 0) is 0 Å². The van der Waals surface area contributed by atoms with Crippen LogP contribution in [-0.4, -0.2) is 112 Å². The summed E-state index contributed by atoms with van der Waals surface area (Å²) in [4.78, 5) is 35.8. The van der Waals surface area contributed by atoms with Crippen molar-refractivity contribution in [1.82, 2.24) is 19.5 Å². The molecule has 0 aliphatic carbocycles. The molecule has 0 aromatic carbocycles. The van der Waals surface area contributed by atoms with Crippen LogP contribution < -0.4 is 15.5 Å². The number of imidazole rings is 1. The lowest BCUT2D eigenvalue weighted by Gasteiger charge is -2.39. The number of nitrogen functional groups attached to an aromatic ring is 1. The molecule has 2 saturated heterocycles. The third-order valence-corrected chi connectivity index (χ3v) is 8.21. The smallest absolute Gasteiger partial charge is 0.274 e. The Bertz CT molecular complexity index is 1240. The maximum Gasteiger partial charge on any atom is 0.274 e. The van der Waals surface area contributed by atoms with Gasteiger partial charge in [0.05, 0.1) is 19.5 Å². The molecule has 2 aromatic heterocycles. The van der Waals surface area contributed by atoms with Gasteiger partial charge in [0.2, 0.25) is 0 Å². The van der Waals surface area contributed by atoms with Crippen molar-refractivity contribution in [1.29, 1.82) is 0 Å². The maximum atomic E-state index is 12.1. The Morgan fingerprint density at radius 1 is 0.868 bits per heavy atom. The lowest BCUT2D eigenvalue weighted by Crippen LogP contribution is -2.58. The summed E-state index contributed by atoms with van der Waals surface area (Å²) in [5.74, 6) is 0.0323. The molecule has 2 aromatic rings. The lowest BCUT2D eigenvalue weighted by atomic mass is 10.00. The van der Waals surface area contributed by atoms with Gasteiger partial charge in [-0.3, -0.25) is 13.7 Å². The number of aliphatic hydroxyl groups is 6. The van der Waals surface area contributed by atoms with Gasteiger partial charge in [-0.1, -0.05) is 0 Å². The van der Waals surface area contributed by atoms with E-state index in [2.05, 4.69) is 28.3 Å². The number of hydrogen-bond donors (Lipinski definition) is 7. The molecule has 4 heterocycles. The molecule has 20 nitrogen and oxygen atoms in total. The van der Waals surface area contributed by atoms with Crippen LogP contribution >= 0.6 is 15.6 Å². The number of aromatic nitrogens is 4. The Morgan fingerprint density at radius 2 is 1.45 bits per heavy atom. The van der Waals surface area contributed by atoms with Crippen LogP contribution in [0.5, 0.6) is 0 Å². The van der Waals surface area contributed by atoms with E-state index in [0.717, 1.165) is 6.33 Å². The largest absolute Gasteiger partial charge is 0.756 e. The zero-order valence-corrected chi connectivity index (χ0v) is 20.7. The number of fused-ring (bicyclic) bond motifs is 1. The molecule has 2 fully saturated rings. The van der Waals surface area contributed by atoms with Gasteiger partial charge < -0.3 is 64.7 Å². The van der Waals surface area contributed by atoms with Crippen molar-refractivity contribution < 1.29 is 72.4 Å². The fraction of sp³-hybridized carbons (Fsp3) is 0.688. The number of ether oxygens (including phenoxy) is 2. The topological polar surface area (TPSA) is 317 Å². The molecule has 2 aliphatic heterocycles. The van der Waals surface area contributed by atoms with Crippen LogP contribution in [-0.2, 0) is 32.0 Å². The van der Waals surface area contributed by atoms with E-state index < -0.39 is 84.1 Å². The molecular weight excluding hydrogens is 564 g/mol. The van der Waals surface area contributed by atoms with Crippen molar-refractivity contribution in [2.45, 2.75) is 55.2 Å². The Kier molecular flexibility index (Phi) is 8.51. The molecule has 4 rings (SSSR count). The minimum absolute atomic E-state index is 0.0323. The summed E-state index contributed by atoms with van der Waals surface area (Å²) in [7, 11) is -11.4. The van der Waals surface area contributed by atoms with E-state index in [9.17, 15) is 49.6 Å². The first-order valence-electron chi connectivity index (χ1n) is 10.7. The third kappa shape index (κ3) is 6.04. The maximum absolute atomic E-state index is 12.1. The number of phosphoric acid groups is 2. The van der Waals surface area contributed by atoms with E-state index in [4.69, 9.17) is 15.2 Å². The van der Waals surface area contributed by atoms with E-state index in [1.54, 1.807) is 0 Å². The molecule has 38 heavy (non-hydrogen) atoms. The fourth-order valence-corrected chi connectivity index (χ4v) is 5.74. The monoisotopic (exact) mass is 587 g/mol. The van der Waals surface area contributed by atoms with Gasteiger partial charge in [-0.15, -0.1) is 0 Å². The number of nitrogens with zero attached hydrogens (tertiary/aromatic N) is 4. The van der Waals surface area contributed by atoms with Crippen molar-refractivity contribution in [3.05, 3.63) is 12.7 Å². The van der Waals surface area contributed by atoms with Crippen LogP contribution in [0.1, 0.15) is 6.23 Å². The number of hydrogen-bond acceptors (Lipinski definition) is 19. The number of nitrogens with two attached hydrogens (primary N) is 1. The summed E-state index contributed by atoms with van der Waals surface area (Å²) in [6.07, 6.45) is -13.2. The molecule has 2 aliphatic rings. The molecule has 22 heteroatoms. The van der Waals surface area contributed by atoms with E-state index >= 15 is 0 Å². The lowest BCUT2D eigenvalue weighted by molar-refractivity contribution is -0.290. The minimum atomic E-state index is -5.69. The van der Waals surface area contributed by atoms with Gasteiger partial charge in [-0.2, -0.15) is 0 Å². The zero-order valence-electron chi connectivity index (χ0n) is 18.9. The molecular formula is C16H23N5O15P2-2. The fourth-order valence-electron chi connectivity index (χ4n) is 3.72. The minimum Gasteiger partial charge on any atom is -0.756 e. The second kappa shape index (κ2) is 11.0. The highest BCUT2D eigenvalue weighted by Crippen LogP contribution is 2.56. The van der Waals surface area contributed by atoms with Gasteiger partial charge >= 0.3 is 0 Å². The molecule has 0 radical (unpaired) electrons. The first-order valence-corrected chi connectivity index (χ1v) is 13.6. The van der Waals surface area contributed by atoms with Gasteiger partial charge in [0, 0.05) is 0 Å². The Balaban J connectivity index is 1.33. The summed E-state index contributed by atoms with van der Waals surface area (Å²) in [5.41, 5.74) is 6.01. The molecule has 0 saturated carbocycles. The van der Waals surface area contributed by atoms with Crippen LogP contribution in [0.4, 0.5) is 5.82 Å². The molecule has 0 spiro atoms. The van der Waals surface area contributed by atoms with Gasteiger partial charge in [0.25, 0.3) is 15.6 Å². The van der Waals surface area contributed by atoms with E-state index in [-0.39, 0.29) is 17.0 Å². The molecule has 11 atom stereocenters. The Morgan fingerprint density at radius 3 is 2.08 bits per heavy atom. The predicted octanol–water partition coefficient (Wildman–Crippen LogP) is -5.19. The van der Waals surface area contributed by atoms with Gasteiger partial charge in [0.15, 0.2) is 24.0 Å². The van der Waals surface area contributed by atoms with Crippen LogP contribution in [0.25, 0.3) is 11.2 Å². The first-order chi connectivity index (χ1) is 17.7. The third-order valence-electron chi connectivity index (χ3n) is 5.68. The van der Waals surface area contributed by atoms with Crippen molar-refractivity contribution in [3.63, 3.8) is 0 Å². The van der Waals surface area contributed by atoms with Crippen LogP contribution in [0.2, 0.25) is 0 Å². The molecule has 0 amide bonds. The number of rotatable bonds is 9. The molecule has 0 bridgehead atoms. The number of anilines is 1. The SMILES string of the molecule is Nc1ncnc2c1ncn2[C@@H]1O[C@H](COP(=O)([O-])OP(=O)([O-])OC[C@@H]2OC(O)[C@H](O)[C@H](O)[C@H]2O)[C@@H](O)[C@H]1O. The first kappa shape index (κ1) is 29.3. The second-order valence-electron chi connectivity index (χ2n) is 8.23. The van der Waals surface area contributed by atoms with Crippen molar-refractivity contribution >= 4 is 32.6 Å². The molecule has 8 N–H and O–H groups in total. The second-order valence-corrected chi connectivity index (χ2v) is 11.2. The highest BCUT2D eigenvalue weighted by Gasteiger charge is 2.46. The van der Waals surface area contributed by atoms with Crippen LogP contribution in [0.3, 0.4) is 0 Å². The molecule has 214 valence electrons. The summed E-state index contributed by atoms with van der Waals surface area (Å²) >= 11 is 0. The van der Waals surface area contributed by atoms with Crippen molar-refractivity contribution in [2.75, 3.05) is 18.9 Å². The Labute approximate surface area is 212 Å². The summed E-state index contributed by atoms with van der Waals surface area (Å²) in [6.45, 7) is -2.12. The molecule has 3 unspecified atom stereocenters. The van der Waals surface area contributed by atoms with Crippen molar-refractivity contribution in [2.24, 2.45) is 0 Å². The summed E-state index contributed by atoms with van der Waals surface area (Å²) in [5, 5.41) is 58.9. The summed E-state index contributed by atoms with van der Waals surface area (Å²) < 4.78 is 48.1. The van der Waals surface area contributed by atoms with Gasteiger partial charge in [-0.25, -0.2) is 19.3 Å². The zero-order chi connectivity index (χ0) is 28.0. The number of aliphatic hydroxyl groups excluding tert-OH is 6. The highest BCUT2D eigenvalue weighted by molar-refractivity contribution is 7.59. The highest BCUT2D eigenvalue weighted by atomic mass is 31.3.